The van der Waals surface area contributed by atoms with Gasteiger partial charge in [-0.15, -0.1) is 36.2 Å². The highest BCUT2D eigenvalue weighted by Crippen LogP contribution is 2.10. The van der Waals surface area contributed by atoms with Gasteiger partial charge in [0.15, 0.2) is 0 Å². The summed E-state index contributed by atoms with van der Waals surface area (Å²) in [5.74, 6) is 0.107. The molecule has 2 N–H and O–H groups in total. The molecule has 1 aromatic heterocycles. The molecule has 0 aromatic carbocycles. The zero-order chi connectivity index (χ0) is 12.1. The van der Waals surface area contributed by atoms with E-state index in [1.165, 1.54) is 6.42 Å². The van der Waals surface area contributed by atoms with Crippen LogP contribution in [0.2, 0.25) is 0 Å². The number of hydrogen-bond donors (Lipinski definition) is 2. The lowest BCUT2D eigenvalue weighted by molar-refractivity contribution is -0.123. The summed E-state index contributed by atoms with van der Waals surface area (Å²) >= 11 is 1.66. The summed E-state index contributed by atoms with van der Waals surface area (Å²) in [4.78, 5) is 16.3. The molecule has 1 aliphatic rings. The molecule has 0 unspecified atom stereocenters. The largest absolute Gasteiger partial charge is 0.349 e. The summed E-state index contributed by atoms with van der Waals surface area (Å²) in [5.41, 5.74) is 0.969. The van der Waals surface area contributed by atoms with Crippen molar-refractivity contribution in [3.63, 3.8) is 0 Å². The maximum atomic E-state index is 11.8. The van der Waals surface area contributed by atoms with E-state index < -0.39 is 0 Å². The zero-order valence-corrected chi connectivity index (χ0v) is 13.4. The number of nitrogens with one attached hydrogen (secondary N) is 2. The van der Waals surface area contributed by atoms with Gasteiger partial charge in [-0.2, -0.15) is 0 Å². The van der Waals surface area contributed by atoms with Gasteiger partial charge in [0.25, 0.3) is 0 Å². The molecule has 1 aliphatic heterocycles. The van der Waals surface area contributed by atoms with Crippen LogP contribution in [0.1, 0.15) is 36.9 Å². The van der Waals surface area contributed by atoms with Crippen LogP contribution >= 0.6 is 36.2 Å². The van der Waals surface area contributed by atoms with E-state index >= 15 is 0 Å². The van der Waals surface area contributed by atoms with Crippen LogP contribution in [-0.4, -0.2) is 23.5 Å². The van der Waals surface area contributed by atoms with E-state index in [2.05, 4.69) is 22.5 Å². The molecular weight excluding hydrogens is 305 g/mol. The van der Waals surface area contributed by atoms with Crippen molar-refractivity contribution >= 4 is 42.1 Å². The molecule has 0 spiro atoms. The first kappa shape index (κ1) is 18.6. The SMILES string of the molecule is CCc1nc(CNC(=O)[C@H]2CCCCN2)cs1.Cl.Cl. The Balaban J connectivity index is 0.00000162. The first-order chi connectivity index (χ1) is 8.29. The number of carbonyl (C=O) groups excluding carboxylic acids is 1. The van der Waals surface area contributed by atoms with Crippen LogP contribution in [0.3, 0.4) is 0 Å². The van der Waals surface area contributed by atoms with E-state index in [1.54, 1.807) is 11.3 Å². The molecule has 1 aromatic rings. The zero-order valence-electron chi connectivity index (χ0n) is 11.0. The van der Waals surface area contributed by atoms with Gasteiger partial charge in [0.1, 0.15) is 0 Å². The Labute approximate surface area is 130 Å². The van der Waals surface area contributed by atoms with Crippen molar-refractivity contribution in [1.29, 1.82) is 0 Å². The van der Waals surface area contributed by atoms with Gasteiger partial charge in [0, 0.05) is 5.38 Å². The maximum Gasteiger partial charge on any atom is 0.237 e. The summed E-state index contributed by atoms with van der Waals surface area (Å²) in [6.07, 6.45) is 4.23. The van der Waals surface area contributed by atoms with E-state index in [9.17, 15) is 4.79 Å². The Morgan fingerprint density at radius 2 is 2.32 bits per heavy atom. The van der Waals surface area contributed by atoms with Gasteiger partial charge in [-0.1, -0.05) is 13.3 Å². The van der Waals surface area contributed by atoms with Crippen molar-refractivity contribution < 1.29 is 4.79 Å². The number of amides is 1. The molecule has 7 heteroatoms. The molecule has 0 saturated carbocycles. The third-order valence-electron chi connectivity index (χ3n) is 2.97. The Morgan fingerprint density at radius 3 is 2.89 bits per heavy atom. The van der Waals surface area contributed by atoms with Crippen molar-refractivity contribution in [2.75, 3.05) is 6.54 Å². The Morgan fingerprint density at radius 1 is 1.53 bits per heavy atom. The average molecular weight is 326 g/mol. The second-order valence-corrected chi connectivity index (χ2v) is 5.25. The first-order valence-electron chi connectivity index (χ1n) is 6.24. The number of thiazole rings is 1. The van der Waals surface area contributed by atoms with E-state index in [-0.39, 0.29) is 36.8 Å². The van der Waals surface area contributed by atoms with Crippen LogP contribution in [0.25, 0.3) is 0 Å². The van der Waals surface area contributed by atoms with Gasteiger partial charge in [-0.05, 0) is 25.8 Å². The van der Waals surface area contributed by atoms with Gasteiger partial charge in [-0.3, -0.25) is 4.79 Å². The van der Waals surface area contributed by atoms with Crippen LogP contribution in [0, 0.1) is 0 Å². The number of carbonyl (C=O) groups is 1. The Bertz CT molecular complexity index is 381. The molecular formula is C12H21Cl2N3OS. The molecule has 0 radical (unpaired) electrons. The predicted molar refractivity (Wildman–Crippen MR) is 83.5 cm³/mol. The molecule has 4 nitrogen and oxygen atoms in total. The molecule has 2 rings (SSSR count). The molecule has 1 fully saturated rings. The van der Waals surface area contributed by atoms with Crippen LogP contribution < -0.4 is 10.6 Å². The lowest BCUT2D eigenvalue weighted by Crippen LogP contribution is -2.46. The highest BCUT2D eigenvalue weighted by molar-refractivity contribution is 7.09. The van der Waals surface area contributed by atoms with Crippen molar-refractivity contribution in [3.8, 4) is 0 Å². The highest BCUT2D eigenvalue weighted by atomic mass is 35.5. The minimum atomic E-state index is -0.00645. The summed E-state index contributed by atoms with van der Waals surface area (Å²) in [6.45, 7) is 3.59. The van der Waals surface area contributed by atoms with Gasteiger partial charge in [0.2, 0.25) is 5.91 Å². The lowest BCUT2D eigenvalue weighted by atomic mass is 10.0. The second kappa shape index (κ2) is 9.53. The van der Waals surface area contributed by atoms with Crippen molar-refractivity contribution in [2.45, 2.75) is 45.2 Å². The Hall–Kier alpha value is -0.360. The second-order valence-electron chi connectivity index (χ2n) is 4.31. The van der Waals surface area contributed by atoms with Gasteiger partial charge < -0.3 is 10.6 Å². The Kier molecular flexibility index (Phi) is 9.35. The maximum absolute atomic E-state index is 11.8. The fourth-order valence-electron chi connectivity index (χ4n) is 1.97. The average Bonchev–Trinajstić information content (AvgIpc) is 2.85. The van der Waals surface area contributed by atoms with Crippen LogP contribution in [0.4, 0.5) is 0 Å². The third kappa shape index (κ3) is 5.65. The molecule has 1 atom stereocenters. The van der Waals surface area contributed by atoms with E-state index in [4.69, 9.17) is 0 Å². The quantitative estimate of drug-likeness (QED) is 0.893. The van der Waals surface area contributed by atoms with Crippen LogP contribution in [-0.2, 0) is 17.8 Å². The number of aryl methyl sites for hydroxylation is 1. The van der Waals surface area contributed by atoms with Gasteiger partial charge >= 0.3 is 0 Å². The molecule has 0 aliphatic carbocycles. The molecule has 110 valence electrons. The number of aromatic nitrogens is 1. The van der Waals surface area contributed by atoms with Crippen molar-refractivity contribution in [2.24, 2.45) is 0 Å². The monoisotopic (exact) mass is 325 g/mol. The highest BCUT2D eigenvalue weighted by Gasteiger charge is 2.19. The minimum Gasteiger partial charge on any atom is -0.349 e. The number of hydrogen-bond acceptors (Lipinski definition) is 4. The van der Waals surface area contributed by atoms with Crippen LogP contribution in [0.15, 0.2) is 5.38 Å². The topological polar surface area (TPSA) is 54.0 Å². The molecule has 0 bridgehead atoms. The van der Waals surface area contributed by atoms with Crippen LogP contribution in [0.5, 0.6) is 0 Å². The van der Waals surface area contributed by atoms with E-state index in [1.807, 2.05) is 5.38 Å². The minimum absolute atomic E-state index is 0. The fourth-order valence-corrected chi connectivity index (χ4v) is 2.71. The number of halogens is 2. The van der Waals surface area contributed by atoms with E-state index in [0.717, 1.165) is 36.5 Å². The predicted octanol–water partition coefficient (Wildman–Crippen LogP) is 2.31. The first-order valence-corrected chi connectivity index (χ1v) is 7.12. The number of nitrogens with zero attached hydrogens (tertiary/aromatic N) is 1. The van der Waals surface area contributed by atoms with Crippen molar-refractivity contribution in [3.05, 3.63) is 16.1 Å². The standard InChI is InChI=1S/C12H19N3OS.2ClH/c1-2-11-15-9(8-17-11)7-14-12(16)10-5-3-4-6-13-10;;/h8,10,13H,2-7H2,1H3,(H,14,16);2*1H/t10-;;/m1../s1. The smallest absolute Gasteiger partial charge is 0.237 e. The normalized spacial score (nSPS) is 18.1. The third-order valence-corrected chi connectivity index (χ3v) is 4.01. The summed E-state index contributed by atoms with van der Waals surface area (Å²) in [6, 6.07) is -0.00645. The summed E-state index contributed by atoms with van der Waals surface area (Å²) < 4.78 is 0. The lowest BCUT2D eigenvalue weighted by Gasteiger charge is -2.22. The summed E-state index contributed by atoms with van der Waals surface area (Å²) in [5, 5.41) is 9.34. The molecule has 2 heterocycles. The summed E-state index contributed by atoms with van der Waals surface area (Å²) in [7, 11) is 0. The number of rotatable bonds is 4. The van der Waals surface area contributed by atoms with E-state index in [0.29, 0.717) is 6.54 Å². The van der Waals surface area contributed by atoms with Gasteiger partial charge in [-0.25, -0.2) is 4.98 Å². The van der Waals surface area contributed by atoms with Crippen molar-refractivity contribution in [1.82, 2.24) is 15.6 Å². The van der Waals surface area contributed by atoms with Gasteiger partial charge in [0.05, 0.1) is 23.3 Å². The number of piperidine rings is 1. The molecule has 19 heavy (non-hydrogen) atoms. The molecule has 1 saturated heterocycles. The fraction of sp³-hybridized carbons (Fsp3) is 0.667. The molecule has 1 amide bonds.